The van der Waals surface area contributed by atoms with Crippen LogP contribution in [0.15, 0.2) is 11.8 Å². The highest BCUT2D eigenvalue weighted by molar-refractivity contribution is 5.07. The molecule has 1 N–H and O–H groups in total. The van der Waals surface area contributed by atoms with Crippen LogP contribution in [-0.4, -0.2) is 31.9 Å². The Labute approximate surface area is 92.8 Å². The Morgan fingerprint density at radius 2 is 2.33 bits per heavy atom. The SMILES string of the molecule is CCCNC(COC(C)C)C1=CCCO1. The molecular formula is C12H23NO2. The molecule has 1 heterocycles. The number of ether oxygens (including phenoxy) is 2. The van der Waals surface area contributed by atoms with Gasteiger partial charge in [-0.2, -0.15) is 0 Å². The molecule has 3 heteroatoms. The molecule has 1 rings (SSSR count). The van der Waals surface area contributed by atoms with Crippen molar-refractivity contribution in [1.82, 2.24) is 5.32 Å². The fourth-order valence-electron chi connectivity index (χ4n) is 1.53. The largest absolute Gasteiger partial charge is 0.496 e. The van der Waals surface area contributed by atoms with Crippen molar-refractivity contribution in [1.29, 1.82) is 0 Å². The summed E-state index contributed by atoms with van der Waals surface area (Å²) >= 11 is 0. The molecule has 0 fully saturated rings. The Balaban J connectivity index is 2.37. The molecule has 0 bridgehead atoms. The van der Waals surface area contributed by atoms with E-state index in [0.717, 1.165) is 31.8 Å². The predicted molar refractivity (Wildman–Crippen MR) is 61.8 cm³/mol. The summed E-state index contributed by atoms with van der Waals surface area (Å²) < 4.78 is 11.2. The van der Waals surface area contributed by atoms with Crippen molar-refractivity contribution >= 4 is 0 Å². The van der Waals surface area contributed by atoms with Gasteiger partial charge in [-0.25, -0.2) is 0 Å². The quantitative estimate of drug-likeness (QED) is 0.702. The second-order valence-corrected chi connectivity index (χ2v) is 4.13. The highest BCUT2D eigenvalue weighted by Crippen LogP contribution is 2.14. The van der Waals surface area contributed by atoms with Gasteiger partial charge in [0.05, 0.1) is 25.4 Å². The molecule has 88 valence electrons. The molecule has 0 saturated carbocycles. The smallest absolute Gasteiger partial charge is 0.111 e. The first-order chi connectivity index (χ1) is 7.24. The van der Waals surface area contributed by atoms with Crippen LogP contribution in [0.5, 0.6) is 0 Å². The summed E-state index contributed by atoms with van der Waals surface area (Å²) in [5.74, 6) is 1.06. The third-order valence-corrected chi connectivity index (χ3v) is 2.31. The van der Waals surface area contributed by atoms with Gasteiger partial charge in [0.15, 0.2) is 0 Å². The van der Waals surface area contributed by atoms with Gasteiger partial charge in [-0.15, -0.1) is 0 Å². The molecule has 1 atom stereocenters. The number of hydrogen-bond donors (Lipinski definition) is 1. The molecule has 0 radical (unpaired) electrons. The molecule has 0 saturated heterocycles. The van der Waals surface area contributed by atoms with E-state index in [-0.39, 0.29) is 12.1 Å². The molecule has 0 aromatic heterocycles. The lowest BCUT2D eigenvalue weighted by molar-refractivity contribution is 0.0554. The van der Waals surface area contributed by atoms with Crippen LogP contribution in [-0.2, 0) is 9.47 Å². The van der Waals surface area contributed by atoms with E-state index in [4.69, 9.17) is 9.47 Å². The number of nitrogens with one attached hydrogen (secondary N) is 1. The molecule has 15 heavy (non-hydrogen) atoms. The van der Waals surface area contributed by atoms with E-state index in [9.17, 15) is 0 Å². The van der Waals surface area contributed by atoms with Crippen molar-refractivity contribution in [3.8, 4) is 0 Å². The van der Waals surface area contributed by atoms with E-state index in [1.54, 1.807) is 0 Å². The minimum absolute atomic E-state index is 0.231. The summed E-state index contributed by atoms with van der Waals surface area (Å²) in [6.07, 6.45) is 4.60. The van der Waals surface area contributed by atoms with Crippen LogP contribution in [0.4, 0.5) is 0 Å². The van der Waals surface area contributed by atoms with E-state index >= 15 is 0 Å². The van der Waals surface area contributed by atoms with E-state index in [1.807, 2.05) is 0 Å². The zero-order valence-corrected chi connectivity index (χ0v) is 10.1. The first-order valence-electron chi connectivity index (χ1n) is 5.92. The standard InChI is InChI=1S/C12H23NO2/c1-4-7-13-11(9-15-10(2)3)12-6-5-8-14-12/h6,10-11,13H,4-5,7-9H2,1-3H3. The molecule has 0 spiro atoms. The van der Waals surface area contributed by atoms with Crippen LogP contribution < -0.4 is 5.32 Å². The topological polar surface area (TPSA) is 30.5 Å². The van der Waals surface area contributed by atoms with Crippen LogP contribution >= 0.6 is 0 Å². The van der Waals surface area contributed by atoms with Crippen LogP contribution in [0, 0.1) is 0 Å². The molecule has 0 aromatic carbocycles. The van der Waals surface area contributed by atoms with E-state index in [1.165, 1.54) is 0 Å². The molecular weight excluding hydrogens is 190 g/mol. The molecule has 1 aliphatic heterocycles. The average Bonchev–Trinajstić information content (AvgIpc) is 2.71. The molecule has 1 aliphatic rings. The van der Waals surface area contributed by atoms with Gasteiger partial charge in [-0.3, -0.25) is 0 Å². The fourth-order valence-corrected chi connectivity index (χ4v) is 1.53. The first kappa shape index (κ1) is 12.5. The zero-order valence-electron chi connectivity index (χ0n) is 10.1. The van der Waals surface area contributed by atoms with Gasteiger partial charge in [0.1, 0.15) is 5.76 Å². The maximum Gasteiger partial charge on any atom is 0.111 e. The summed E-state index contributed by atoms with van der Waals surface area (Å²) in [6.45, 7) is 8.80. The van der Waals surface area contributed by atoms with Gasteiger partial charge in [0, 0.05) is 6.42 Å². The summed E-state index contributed by atoms with van der Waals surface area (Å²) in [7, 11) is 0. The van der Waals surface area contributed by atoms with Crippen LogP contribution in [0.1, 0.15) is 33.6 Å². The van der Waals surface area contributed by atoms with Crippen molar-refractivity contribution in [2.75, 3.05) is 19.8 Å². The molecule has 3 nitrogen and oxygen atoms in total. The highest BCUT2D eigenvalue weighted by atomic mass is 16.5. The zero-order chi connectivity index (χ0) is 11.1. The van der Waals surface area contributed by atoms with Crippen molar-refractivity contribution in [2.24, 2.45) is 0 Å². The molecule has 0 aromatic rings. The monoisotopic (exact) mass is 213 g/mol. The van der Waals surface area contributed by atoms with Gasteiger partial charge < -0.3 is 14.8 Å². The third-order valence-electron chi connectivity index (χ3n) is 2.31. The number of rotatable bonds is 7. The maximum absolute atomic E-state index is 5.63. The lowest BCUT2D eigenvalue weighted by Crippen LogP contribution is -2.36. The van der Waals surface area contributed by atoms with Crippen molar-refractivity contribution < 1.29 is 9.47 Å². The minimum atomic E-state index is 0.231. The van der Waals surface area contributed by atoms with E-state index in [2.05, 4.69) is 32.2 Å². The first-order valence-corrected chi connectivity index (χ1v) is 5.92. The Morgan fingerprint density at radius 3 is 2.87 bits per heavy atom. The van der Waals surface area contributed by atoms with Gasteiger partial charge in [0.2, 0.25) is 0 Å². The summed E-state index contributed by atoms with van der Waals surface area (Å²) in [5.41, 5.74) is 0. The van der Waals surface area contributed by atoms with Gasteiger partial charge in [-0.05, 0) is 32.9 Å². The van der Waals surface area contributed by atoms with Gasteiger partial charge in [0.25, 0.3) is 0 Å². The Kier molecular flexibility index (Phi) is 5.73. The highest BCUT2D eigenvalue weighted by Gasteiger charge is 2.18. The van der Waals surface area contributed by atoms with Gasteiger partial charge in [-0.1, -0.05) is 6.92 Å². The summed E-state index contributed by atoms with van der Waals surface area (Å²) in [6, 6.07) is 0.231. The van der Waals surface area contributed by atoms with Crippen molar-refractivity contribution in [2.45, 2.75) is 45.8 Å². The minimum Gasteiger partial charge on any atom is -0.496 e. The second-order valence-electron chi connectivity index (χ2n) is 4.13. The normalized spacial score (nSPS) is 17.7. The second kappa shape index (κ2) is 6.85. The average molecular weight is 213 g/mol. The van der Waals surface area contributed by atoms with Crippen LogP contribution in [0.3, 0.4) is 0 Å². The van der Waals surface area contributed by atoms with Crippen molar-refractivity contribution in [3.63, 3.8) is 0 Å². The van der Waals surface area contributed by atoms with Crippen LogP contribution in [0.2, 0.25) is 0 Å². The summed E-state index contributed by atoms with van der Waals surface area (Å²) in [4.78, 5) is 0. The summed E-state index contributed by atoms with van der Waals surface area (Å²) in [5, 5.41) is 3.45. The molecule has 1 unspecified atom stereocenters. The van der Waals surface area contributed by atoms with E-state index in [0.29, 0.717) is 6.61 Å². The lowest BCUT2D eigenvalue weighted by atomic mass is 10.2. The Morgan fingerprint density at radius 1 is 1.53 bits per heavy atom. The van der Waals surface area contributed by atoms with Crippen molar-refractivity contribution in [3.05, 3.63) is 11.8 Å². The van der Waals surface area contributed by atoms with Gasteiger partial charge >= 0.3 is 0 Å². The molecule has 0 amide bonds. The maximum atomic E-state index is 5.63. The molecule has 0 aliphatic carbocycles. The Bertz CT molecular complexity index is 202. The predicted octanol–water partition coefficient (Wildman–Crippen LogP) is 2.08. The van der Waals surface area contributed by atoms with Crippen LogP contribution in [0.25, 0.3) is 0 Å². The van der Waals surface area contributed by atoms with E-state index < -0.39 is 0 Å². The fraction of sp³-hybridized carbons (Fsp3) is 0.833. The number of hydrogen-bond acceptors (Lipinski definition) is 3. The third kappa shape index (κ3) is 4.67. The Hall–Kier alpha value is -0.540. The lowest BCUT2D eigenvalue weighted by Gasteiger charge is -2.20.